The maximum atomic E-state index is 5.64. The molecule has 2 rings (SSSR count). The summed E-state index contributed by atoms with van der Waals surface area (Å²) < 4.78 is 5.64. The molecule has 0 amide bonds. The van der Waals surface area contributed by atoms with Crippen LogP contribution in [0.15, 0.2) is 12.3 Å². The molecule has 1 aromatic heterocycles. The predicted octanol–water partition coefficient (Wildman–Crippen LogP) is 0.526. The van der Waals surface area contributed by atoms with Crippen LogP contribution in [0.25, 0.3) is 0 Å². The first-order valence-corrected chi connectivity index (χ1v) is 4.51. The van der Waals surface area contributed by atoms with Gasteiger partial charge in [-0.1, -0.05) is 0 Å². The Bertz CT molecular complexity index is 284. The second-order valence-corrected chi connectivity index (χ2v) is 3.17. The summed E-state index contributed by atoms with van der Waals surface area (Å²) in [5.41, 5.74) is 0. The predicted molar refractivity (Wildman–Crippen MR) is 48.7 cm³/mol. The van der Waals surface area contributed by atoms with Crippen LogP contribution in [0.5, 0.6) is 5.88 Å². The van der Waals surface area contributed by atoms with Crippen LogP contribution in [-0.4, -0.2) is 29.2 Å². The molecule has 1 N–H and O–H groups in total. The summed E-state index contributed by atoms with van der Waals surface area (Å²) in [6.07, 6.45) is 3.05. The quantitative estimate of drug-likeness (QED) is 0.719. The number of rotatable bonds is 2. The molecule has 4 nitrogen and oxygen atoms in total. The molecule has 70 valence electrons. The van der Waals surface area contributed by atoms with Crippen molar-refractivity contribution in [3.05, 3.63) is 18.1 Å². The number of ether oxygens (including phenoxy) is 1. The summed E-state index contributed by atoms with van der Waals surface area (Å²) in [4.78, 5) is 8.18. The van der Waals surface area contributed by atoms with Crippen LogP contribution in [0.2, 0.25) is 0 Å². The molecule has 4 heteroatoms. The number of nitrogens with zero attached hydrogens (tertiary/aromatic N) is 2. The molecule has 1 aliphatic rings. The normalized spacial score (nSPS) is 21.8. The van der Waals surface area contributed by atoms with E-state index in [1.807, 2.05) is 6.92 Å². The third-order valence-electron chi connectivity index (χ3n) is 2.05. The molecule has 0 bridgehead atoms. The van der Waals surface area contributed by atoms with Crippen LogP contribution in [0, 0.1) is 6.92 Å². The van der Waals surface area contributed by atoms with Crippen LogP contribution < -0.4 is 10.1 Å². The Morgan fingerprint density at radius 1 is 1.62 bits per heavy atom. The lowest BCUT2D eigenvalue weighted by Crippen LogP contribution is -2.20. The number of aromatic nitrogens is 2. The third kappa shape index (κ3) is 2.15. The van der Waals surface area contributed by atoms with Crippen molar-refractivity contribution in [3.8, 4) is 5.88 Å². The zero-order chi connectivity index (χ0) is 9.10. The monoisotopic (exact) mass is 179 g/mol. The van der Waals surface area contributed by atoms with Crippen LogP contribution in [0.3, 0.4) is 0 Å². The highest BCUT2D eigenvalue weighted by molar-refractivity contribution is 5.08. The molecule has 2 heterocycles. The summed E-state index contributed by atoms with van der Waals surface area (Å²) in [6.45, 7) is 3.82. The molecule has 1 atom stereocenters. The van der Waals surface area contributed by atoms with Crippen LogP contribution in [0.1, 0.15) is 12.2 Å². The Labute approximate surface area is 77.4 Å². The van der Waals surface area contributed by atoms with Crippen LogP contribution in [-0.2, 0) is 0 Å². The maximum Gasteiger partial charge on any atom is 0.216 e. The van der Waals surface area contributed by atoms with Gasteiger partial charge in [0.1, 0.15) is 11.9 Å². The van der Waals surface area contributed by atoms with Crippen LogP contribution in [0.4, 0.5) is 0 Å². The molecule has 0 saturated carbocycles. The smallest absolute Gasteiger partial charge is 0.216 e. The molecule has 0 radical (unpaired) electrons. The Morgan fingerprint density at radius 2 is 2.54 bits per heavy atom. The molecule has 13 heavy (non-hydrogen) atoms. The van der Waals surface area contributed by atoms with Gasteiger partial charge >= 0.3 is 0 Å². The summed E-state index contributed by atoms with van der Waals surface area (Å²) in [7, 11) is 0. The highest BCUT2D eigenvalue weighted by Gasteiger charge is 2.16. The minimum absolute atomic E-state index is 0.272. The van der Waals surface area contributed by atoms with Gasteiger partial charge in [0.05, 0.1) is 0 Å². The average Bonchev–Trinajstić information content (AvgIpc) is 2.57. The number of hydrogen-bond donors (Lipinski definition) is 1. The van der Waals surface area contributed by atoms with Crippen molar-refractivity contribution < 1.29 is 4.74 Å². The Morgan fingerprint density at radius 3 is 3.23 bits per heavy atom. The zero-order valence-electron chi connectivity index (χ0n) is 7.66. The Hall–Kier alpha value is -1.16. The summed E-state index contributed by atoms with van der Waals surface area (Å²) in [5, 5.41) is 3.24. The standard InChI is InChI=1S/C9H13N3O/c1-7-11-5-3-9(12-7)13-8-2-4-10-6-8/h3,5,8,10H,2,4,6H2,1H3/t8-/m1/s1. The van der Waals surface area contributed by atoms with Crippen molar-refractivity contribution in [2.24, 2.45) is 0 Å². The Kier molecular flexibility index (Phi) is 2.40. The van der Waals surface area contributed by atoms with E-state index in [0.717, 1.165) is 25.3 Å². The minimum atomic E-state index is 0.272. The zero-order valence-corrected chi connectivity index (χ0v) is 7.66. The highest BCUT2D eigenvalue weighted by Crippen LogP contribution is 2.10. The van der Waals surface area contributed by atoms with E-state index in [1.165, 1.54) is 0 Å². The van der Waals surface area contributed by atoms with Crippen molar-refractivity contribution in [2.45, 2.75) is 19.4 Å². The van der Waals surface area contributed by atoms with E-state index in [-0.39, 0.29) is 6.10 Å². The van der Waals surface area contributed by atoms with Gasteiger partial charge in [0, 0.05) is 18.8 Å². The van der Waals surface area contributed by atoms with E-state index in [0.29, 0.717) is 5.88 Å². The van der Waals surface area contributed by atoms with E-state index in [9.17, 15) is 0 Å². The van der Waals surface area contributed by atoms with Gasteiger partial charge in [-0.05, 0) is 19.9 Å². The van der Waals surface area contributed by atoms with Gasteiger partial charge in [0.25, 0.3) is 0 Å². The van der Waals surface area contributed by atoms with E-state index >= 15 is 0 Å². The lowest BCUT2D eigenvalue weighted by molar-refractivity contribution is 0.213. The molecule has 0 unspecified atom stereocenters. The molecule has 1 aromatic rings. The van der Waals surface area contributed by atoms with Crippen molar-refractivity contribution in [2.75, 3.05) is 13.1 Å². The number of hydrogen-bond acceptors (Lipinski definition) is 4. The second kappa shape index (κ2) is 3.70. The van der Waals surface area contributed by atoms with Gasteiger partial charge in [-0.25, -0.2) is 4.98 Å². The van der Waals surface area contributed by atoms with Gasteiger partial charge in [-0.15, -0.1) is 0 Å². The first-order chi connectivity index (χ1) is 6.34. The summed E-state index contributed by atoms with van der Waals surface area (Å²) in [6, 6.07) is 1.80. The fourth-order valence-electron chi connectivity index (χ4n) is 1.40. The first kappa shape index (κ1) is 8.44. The Balaban J connectivity index is 2.00. The van der Waals surface area contributed by atoms with Crippen molar-refractivity contribution in [3.63, 3.8) is 0 Å². The maximum absolute atomic E-state index is 5.64. The molecular weight excluding hydrogens is 166 g/mol. The molecule has 1 saturated heterocycles. The van der Waals surface area contributed by atoms with Crippen LogP contribution >= 0.6 is 0 Å². The highest BCUT2D eigenvalue weighted by atomic mass is 16.5. The van der Waals surface area contributed by atoms with E-state index < -0.39 is 0 Å². The molecule has 0 aromatic carbocycles. The number of aryl methyl sites for hydroxylation is 1. The van der Waals surface area contributed by atoms with Gasteiger partial charge < -0.3 is 10.1 Å². The van der Waals surface area contributed by atoms with E-state index in [4.69, 9.17) is 4.74 Å². The minimum Gasteiger partial charge on any atom is -0.473 e. The molecule has 0 aliphatic carbocycles. The van der Waals surface area contributed by atoms with Gasteiger partial charge in [0.2, 0.25) is 5.88 Å². The summed E-state index contributed by atoms with van der Waals surface area (Å²) >= 11 is 0. The fourth-order valence-corrected chi connectivity index (χ4v) is 1.40. The topological polar surface area (TPSA) is 47.0 Å². The molecule has 1 aliphatic heterocycles. The SMILES string of the molecule is Cc1nccc(O[C@@H]2CCNC2)n1. The van der Waals surface area contributed by atoms with E-state index in [2.05, 4.69) is 15.3 Å². The van der Waals surface area contributed by atoms with Gasteiger partial charge in [-0.2, -0.15) is 4.98 Å². The lowest BCUT2D eigenvalue weighted by atomic mass is 10.3. The largest absolute Gasteiger partial charge is 0.473 e. The molecule has 0 spiro atoms. The third-order valence-corrected chi connectivity index (χ3v) is 2.05. The fraction of sp³-hybridized carbons (Fsp3) is 0.556. The number of nitrogens with one attached hydrogen (secondary N) is 1. The molecule has 1 fully saturated rings. The van der Waals surface area contributed by atoms with Gasteiger partial charge in [0.15, 0.2) is 0 Å². The summed E-state index contributed by atoms with van der Waals surface area (Å²) in [5.74, 6) is 1.43. The first-order valence-electron chi connectivity index (χ1n) is 4.51. The van der Waals surface area contributed by atoms with E-state index in [1.54, 1.807) is 12.3 Å². The molecular formula is C9H13N3O. The van der Waals surface area contributed by atoms with Crippen molar-refractivity contribution in [1.82, 2.24) is 15.3 Å². The lowest BCUT2D eigenvalue weighted by Gasteiger charge is -2.10. The average molecular weight is 179 g/mol. The second-order valence-electron chi connectivity index (χ2n) is 3.17. The van der Waals surface area contributed by atoms with Crippen molar-refractivity contribution in [1.29, 1.82) is 0 Å². The van der Waals surface area contributed by atoms with Crippen molar-refractivity contribution >= 4 is 0 Å². The van der Waals surface area contributed by atoms with Gasteiger partial charge in [-0.3, -0.25) is 0 Å².